The Kier molecular flexibility index (Phi) is 5.39. The zero-order valence-electron chi connectivity index (χ0n) is 14.8. The quantitative estimate of drug-likeness (QED) is 0.723. The highest BCUT2D eigenvalue weighted by molar-refractivity contribution is 7.89. The number of sulfonamides is 1. The van der Waals surface area contributed by atoms with E-state index in [9.17, 15) is 13.2 Å². The summed E-state index contributed by atoms with van der Waals surface area (Å²) in [5.74, 6) is -0.607. The summed E-state index contributed by atoms with van der Waals surface area (Å²) in [5.41, 5.74) is 1.83. The van der Waals surface area contributed by atoms with Crippen molar-refractivity contribution in [3.8, 4) is 0 Å². The maximum absolute atomic E-state index is 13.3. The summed E-state index contributed by atoms with van der Waals surface area (Å²) in [4.78, 5) is 12.1. The van der Waals surface area contributed by atoms with Gasteiger partial charge in [0, 0.05) is 11.2 Å². The number of esters is 1. The lowest BCUT2D eigenvalue weighted by Crippen LogP contribution is -2.32. The third-order valence-electron chi connectivity index (χ3n) is 4.23. The molecule has 0 N–H and O–H groups in total. The third kappa shape index (κ3) is 3.91. The second-order valence-electron chi connectivity index (χ2n) is 6.08. The summed E-state index contributed by atoms with van der Waals surface area (Å²) in [6.07, 6.45) is 4.52. The number of nitrogens with zero attached hydrogens (tertiary/aromatic N) is 1. The Hall–Kier alpha value is -2.57. The second kappa shape index (κ2) is 7.58. The van der Waals surface area contributed by atoms with E-state index in [2.05, 4.69) is 0 Å². The normalized spacial score (nSPS) is 16.8. The number of hydrogen-bond donors (Lipinski definition) is 0. The molecular weight excluding hydrogens is 386 g/mol. The van der Waals surface area contributed by atoms with E-state index in [-0.39, 0.29) is 10.5 Å². The van der Waals surface area contributed by atoms with Crippen LogP contribution in [0.15, 0.2) is 77.4 Å². The number of hydrogen-bond acceptors (Lipinski definition) is 4. The molecular formula is C20H18ClNO4S. The zero-order chi connectivity index (χ0) is 19.6. The molecule has 0 radical (unpaired) electrons. The highest BCUT2D eigenvalue weighted by Crippen LogP contribution is 2.34. The van der Waals surface area contributed by atoms with Crippen molar-refractivity contribution < 1.29 is 17.9 Å². The molecule has 3 rings (SSSR count). The van der Waals surface area contributed by atoms with E-state index in [4.69, 9.17) is 16.3 Å². The van der Waals surface area contributed by atoms with E-state index in [0.717, 1.165) is 11.1 Å². The van der Waals surface area contributed by atoms with Gasteiger partial charge in [0.2, 0.25) is 0 Å². The minimum Gasteiger partial charge on any atom is -0.465 e. The van der Waals surface area contributed by atoms with Gasteiger partial charge in [0.1, 0.15) is 0 Å². The van der Waals surface area contributed by atoms with Gasteiger partial charge in [-0.2, -0.15) is 0 Å². The van der Waals surface area contributed by atoms with Crippen LogP contribution in [0.25, 0.3) is 0 Å². The van der Waals surface area contributed by atoms with Crippen LogP contribution in [0.1, 0.15) is 17.2 Å². The van der Waals surface area contributed by atoms with Crippen LogP contribution < -0.4 is 0 Å². The van der Waals surface area contributed by atoms with Crippen molar-refractivity contribution in [1.29, 1.82) is 0 Å². The van der Waals surface area contributed by atoms with Gasteiger partial charge in [0.05, 0.1) is 23.6 Å². The maximum Gasteiger partial charge on any atom is 0.339 e. The van der Waals surface area contributed by atoms with Crippen LogP contribution in [0.4, 0.5) is 0 Å². The van der Waals surface area contributed by atoms with Gasteiger partial charge in [-0.15, -0.1) is 0 Å². The van der Waals surface area contributed by atoms with Crippen LogP contribution in [-0.2, 0) is 19.6 Å². The number of methoxy groups -OCH3 is 1. The summed E-state index contributed by atoms with van der Waals surface area (Å²) >= 11 is 5.95. The minimum atomic E-state index is -3.90. The Bertz CT molecular complexity index is 1010. The number of aryl methyl sites for hydroxylation is 1. The molecule has 2 aromatic carbocycles. The van der Waals surface area contributed by atoms with Gasteiger partial charge >= 0.3 is 5.97 Å². The third-order valence-corrected chi connectivity index (χ3v) is 6.24. The van der Waals surface area contributed by atoms with Gasteiger partial charge in [0.15, 0.2) is 0 Å². The number of carbonyl (C=O) groups is 1. The highest BCUT2D eigenvalue weighted by atomic mass is 35.5. The summed E-state index contributed by atoms with van der Waals surface area (Å²) in [7, 11) is -2.64. The van der Waals surface area contributed by atoms with Crippen molar-refractivity contribution in [2.24, 2.45) is 0 Å². The van der Waals surface area contributed by atoms with Gasteiger partial charge in [-0.1, -0.05) is 47.5 Å². The molecule has 1 atom stereocenters. The first-order chi connectivity index (χ1) is 12.8. The summed E-state index contributed by atoms with van der Waals surface area (Å²) in [6, 6.07) is 12.9. The van der Waals surface area contributed by atoms with E-state index in [1.165, 1.54) is 17.6 Å². The van der Waals surface area contributed by atoms with Crippen molar-refractivity contribution in [3.05, 3.63) is 88.6 Å². The van der Waals surface area contributed by atoms with Gasteiger partial charge in [0.25, 0.3) is 10.0 Å². The van der Waals surface area contributed by atoms with Crippen molar-refractivity contribution in [3.63, 3.8) is 0 Å². The molecule has 0 spiro atoms. The first-order valence-electron chi connectivity index (χ1n) is 8.17. The molecule has 0 saturated heterocycles. The summed E-state index contributed by atoms with van der Waals surface area (Å²) in [5, 5.41) is 0.553. The van der Waals surface area contributed by atoms with E-state index in [0.29, 0.717) is 5.02 Å². The molecule has 0 bridgehead atoms. The van der Waals surface area contributed by atoms with E-state index in [1.54, 1.807) is 60.7 Å². The molecule has 1 aliphatic heterocycles. The second-order valence-corrected chi connectivity index (χ2v) is 8.36. The van der Waals surface area contributed by atoms with E-state index < -0.39 is 22.0 Å². The average molecular weight is 404 g/mol. The Morgan fingerprint density at radius 1 is 1.07 bits per heavy atom. The van der Waals surface area contributed by atoms with Crippen LogP contribution in [0.2, 0.25) is 5.02 Å². The summed E-state index contributed by atoms with van der Waals surface area (Å²) in [6.45, 7) is 1.88. The number of halogens is 1. The Labute approximate surface area is 163 Å². The molecule has 5 nitrogen and oxygen atoms in total. The van der Waals surface area contributed by atoms with Crippen LogP contribution in [-0.4, -0.2) is 25.8 Å². The minimum absolute atomic E-state index is 0.142. The van der Waals surface area contributed by atoms with Gasteiger partial charge in [-0.3, -0.25) is 4.31 Å². The van der Waals surface area contributed by atoms with Crippen molar-refractivity contribution in [2.75, 3.05) is 7.11 Å². The average Bonchev–Trinajstić information content (AvgIpc) is 2.68. The monoisotopic (exact) mass is 403 g/mol. The molecule has 27 heavy (non-hydrogen) atoms. The zero-order valence-corrected chi connectivity index (χ0v) is 16.4. The van der Waals surface area contributed by atoms with E-state index >= 15 is 0 Å². The number of rotatable bonds is 4. The fraction of sp³-hybridized carbons (Fsp3) is 0.150. The van der Waals surface area contributed by atoms with Gasteiger partial charge in [-0.25, -0.2) is 13.2 Å². The molecule has 140 valence electrons. The lowest BCUT2D eigenvalue weighted by atomic mass is 10.0. The highest BCUT2D eigenvalue weighted by Gasteiger charge is 2.32. The summed E-state index contributed by atoms with van der Waals surface area (Å²) < 4.78 is 32.5. The molecule has 1 heterocycles. The number of ether oxygens (including phenoxy) is 1. The SMILES string of the molecule is COC(=O)C1=CN(S(=O)(=O)c2ccc(C)cc2)C(c2ccc(Cl)cc2)C=C1. The van der Waals surface area contributed by atoms with Gasteiger partial charge in [-0.05, 0) is 42.8 Å². The van der Waals surface area contributed by atoms with Gasteiger partial charge < -0.3 is 4.74 Å². The Balaban J connectivity index is 2.10. The smallest absolute Gasteiger partial charge is 0.339 e. The first-order valence-corrected chi connectivity index (χ1v) is 9.99. The predicted octanol–water partition coefficient (Wildman–Crippen LogP) is 4.01. The standard InChI is InChI=1S/C20H18ClNO4S/c1-14-3-10-18(11-4-14)27(24,25)22-13-16(20(23)26-2)7-12-19(22)15-5-8-17(21)9-6-15/h3-13,19H,1-2H3. The van der Waals surface area contributed by atoms with E-state index in [1.807, 2.05) is 6.92 Å². The van der Waals surface area contributed by atoms with Crippen molar-refractivity contribution in [1.82, 2.24) is 4.31 Å². The predicted molar refractivity (Wildman–Crippen MR) is 104 cm³/mol. The molecule has 0 amide bonds. The Morgan fingerprint density at radius 3 is 2.30 bits per heavy atom. The maximum atomic E-state index is 13.3. The first kappa shape index (κ1) is 19.2. The molecule has 0 aromatic heterocycles. The Morgan fingerprint density at radius 2 is 1.70 bits per heavy atom. The van der Waals surface area contributed by atoms with Crippen LogP contribution in [0, 0.1) is 6.92 Å². The number of benzene rings is 2. The van der Waals surface area contributed by atoms with Crippen LogP contribution in [0.3, 0.4) is 0 Å². The molecule has 1 aliphatic rings. The van der Waals surface area contributed by atoms with Crippen LogP contribution >= 0.6 is 11.6 Å². The number of carbonyl (C=O) groups excluding carboxylic acids is 1. The molecule has 1 unspecified atom stereocenters. The van der Waals surface area contributed by atoms with Crippen molar-refractivity contribution >= 4 is 27.6 Å². The molecule has 7 heteroatoms. The lowest BCUT2D eigenvalue weighted by Gasteiger charge is -2.31. The molecule has 0 fully saturated rings. The molecule has 2 aromatic rings. The van der Waals surface area contributed by atoms with Crippen LogP contribution in [0.5, 0.6) is 0 Å². The molecule has 0 saturated carbocycles. The topological polar surface area (TPSA) is 63.7 Å². The van der Waals surface area contributed by atoms with Crippen molar-refractivity contribution in [2.45, 2.75) is 17.9 Å². The lowest BCUT2D eigenvalue weighted by molar-refractivity contribution is -0.135. The fourth-order valence-corrected chi connectivity index (χ4v) is 4.34. The fourth-order valence-electron chi connectivity index (χ4n) is 2.75. The molecule has 0 aliphatic carbocycles. The largest absolute Gasteiger partial charge is 0.465 e.